The van der Waals surface area contributed by atoms with E-state index in [0.717, 1.165) is 11.1 Å². The number of nitrogens with one attached hydrogen (secondary N) is 1. The van der Waals surface area contributed by atoms with E-state index < -0.39 is 5.97 Å². The maximum Gasteiger partial charge on any atom is 0.371 e. The minimum atomic E-state index is -1.07. The van der Waals surface area contributed by atoms with Crippen LogP contribution in [0.4, 0.5) is 5.88 Å². The zero-order chi connectivity index (χ0) is 12.3. The number of nitrogens with zero attached hydrogens (tertiary/aromatic N) is 1. The second-order valence-corrected chi connectivity index (χ2v) is 3.62. The summed E-state index contributed by atoms with van der Waals surface area (Å²) in [5, 5.41) is 11.7. The zero-order valence-electron chi connectivity index (χ0n) is 9.30. The Balaban J connectivity index is 2.02. The molecule has 0 aliphatic carbocycles. The first-order valence-electron chi connectivity index (χ1n) is 5.13. The third kappa shape index (κ3) is 2.63. The summed E-state index contributed by atoms with van der Waals surface area (Å²) in [6.07, 6.45) is 3.50. The lowest BCUT2D eigenvalue weighted by atomic mass is 10.2. The summed E-state index contributed by atoms with van der Waals surface area (Å²) in [6, 6.07) is 4.93. The highest BCUT2D eigenvalue weighted by atomic mass is 16.4. The van der Waals surface area contributed by atoms with Gasteiger partial charge in [-0.05, 0) is 30.2 Å². The van der Waals surface area contributed by atoms with Crippen LogP contribution in [-0.2, 0) is 6.54 Å². The Bertz CT molecular complexity index is 534. The third-order valence-corrected chi connectivity index (χ3v) is 2.42. The summed E-state index contributed by atoms with van der Waals surface area (Å²) in [5.74, 6) is -0.711. The highest BCUT2D eigenvalue weighted by Gasteiger charge is 2.08. The average Bonchev–Trinajstić information content (AvgIpc) is 2.77. The molecule has 0 aliphatic rings. The van der Waals surface area contributed by atoms with Crippen molar-refractivity contribution < 1.29 is 14.3 Å². The van der Waals surface area contributed by atoms with Gasteiger partial charge in [0.2, 0.25) is 5.76 Å². The Morgan fingerprint density at radius 1 is 1.47 bits per heavy atom. The van der Waals surface area contributed by atoms with Crippen molar-refractivity contribution in [2.45, 2.75) is 13.5 Å². The van der Waals surface area contributed by atoms with Crippen molar-refractivity contribution in [3.05, 3.63) is 47.5 Å². The number of aryl methyl sites for hydroxylation is 1. The molecule has 0 saturated heterocycles. The Morgan fingerprint density at radius 2 is 2.29 bits per heavy atom. The van der Waals surface area contributed by atoms with Crippen LogP contribution in [-0.4, -0.2) is 16.1 Å². The Morgan fingerprint density at radius 3 is 2.94 bits per heavy atom. The van der Waals surface area contributed by atoms with Crippen LogP contribution in [0.3, 0.4) is 0 Å². The monoisotopic (exact) mass is 232 g/mol. The number of pyridine rings is 1. The van der Waals surface area contributed by atoms with E-state index in [1.807, 2.05) is 13.0 Å². The van der Waals surface area contributed by atoms with E-state index in [1.54, 1.807) is 18.5 Å². The summed E-state index contributed by atoms with van der Waals surface area (Å²) < 4.78 is 5.08. The minimum Gasteiger partial charge on any atom is -0.475 e. The summed E-state index contributed by atoms with van der Waals surface area (Å²) in [5.41, 5.74) is 2.17. The van der Waals surface area contributed by atoms with Gasteiger partial charge in [-0.2, -0.15) is 0 Å². The number of rotatable bonds is 4. The summed E-state index contributed by atoms with van der Waals surface area (Å²) in [7, 11) is 0. The van der Waals surface area contributed by atoms with Gasteiger partial charge in [-0.3, -0.25) is 4.98 Å². The standard InChI is InChI=1S/C12H12N2O3/c1-8-4-5-13-6-9(8)7-14-11-3-2-10(17-11)12(15)16/h2-6,14H,7H2,1H3,(H,15,16). The van der Waals surface area contributed by atoms with E-state index in [1.165, 1.54) is 6.07 Å². The topological polar surface area (TPSA) is 75.4 Å². The molecule has 0 spiro atoms. The van der Waals surface area contributed by atoms with E-state index in [-0.39, 0.29) is 5.76 Å². The van der Waals surface area contributed by atoms with Gasteiger partial charge in [-0.15, -0.1) is 0 Å². The van der Waals surface area contributed by atoms with Gasteiger partial charge in [-0.1, -0.05) is 0 Å². The zero-order valence-corrected chi connectivity index (χ0v) is 9.30. The number of anilines is 1. The molecule has 0 saturated carbocycles. The largest absolute Gasteiger partial charge is 0.475 e. The van der Waals surface area contributed by atoms with Gasteiger partial charge in [-0.25, -0.2) is 4.79 Å². The normalized spacial score (nSPS) is 10.2. The first-order valence-corrected chi connectivity index (χ1v) is 5.13. The first-order chi connectivity index (χ1) is 8.16. The maximum atomic E-state index is 10.6. The fourth-order valence-electron chi connectivity index (χ4n) is 1.41. The quantitative estimate of drug-likeness (QED) is 0.845. The molecule has 2 N–H and O–H groups in total. The molecule has 0 aromatic carbocycles. The molecule has 0 radical (unpaired) electrons. The van der Waals surface area contributed by atoms with Gasteiger partial charge >= 0.3 is 5.97 Å². The number of aromatic carboxylic acids is 1. The van der Waals surface area contributed by atoms with Crippen molar-refractivity contribution in [3.63, 3.8) is 0 Å². The van der Waals surface area contributed by atoms with Crippen LogP contribution in [0.25, 0.3) is 0 Å². The smallest absolute Gasteiger partial charge is 0.371 e. The molecule has 0 amide bonds. The summed E-state index contributed by atoms with van der Waals surface area (Å²) >= 11 is 0. The summed E-state index contributed by atoms with van der Waals surface area (Å²) in [6.45, 7) is 2.54. The lowest BCUT2D eigenvalue weighted by Gasteiger charge is -2.05. The molecule has 5 nitrogen and oxygen atoms in total. The molecule has 2 aromatic rings. The fraction of sp³-hybridized carbons (Fsp3) is 0.167. The van der Waals surface area contributed by atoms with Crippen LogP contribution < -0.4 is 5.32 Å². The molecule has 0 unspecified atom stereocenters. The van der Waals surface area contributed by atoms with E-state index >= 15 is 0 Å². The van der Waals surface area contributed by atoms with E-state index in [0.29, 0.717) is 12.4 Å². The van der Waals surface area contributed by atoms with Gasteiger partial charge in [0.1, 0.15) is 0 Å². The van der Waals surface area contributed by atoms with E-state index in [4.69, 9.17) is 9.52 Å². The van der Waals surface area contributed by atoms with Crippen molar-refractivity contribution >= 4 is 11.9 Å². The number of carboxylic acids is 1. The average molecular weight is 232 g/mol. The molecule has 88 valence electrons. The van der Waals surface area contributed by atoms with E-state index in [2.05, 4.69) is 10.3 Å². The van der Waals surface area contributed by atoms with Gasteiger partial charge < -0.3 is 14.8 Å². The van der Waals surface area contributed by atoms with Gasteiger partial charge in [0, 0.05) is 25.0 Å². The number of hydrogen-bond acceptors (Lipinski definition) is 4. The van der Waals surface area contributed by atoms with Crippen molar-refractivity contribution in [2.24, 2.45) is 0 Å². The Hall–Kier alpha value is -2.30. The second kappa shape index (κ2) is 4.69. The maximum absolute atomic E-state index is 10.6. The van der Waals surface area contributed by atoms with Crippen molar-refractivity contribution in [1.29, 1.82) is 0 Å². The lowest BCUT2D eigenvalue weighted by Crippen LogP contribution is -2.01. The molecule has 2 rings (SSSR count). The number of hydrogen-bond donors (Lipinski definition) is 2. The highest BCUT2D eigenvalue weighted by Crippen LogP contribution is 2.15. The highest BCUT2D eigenvalue weighted by molar-refractivity contribution is 5.84. The van der Waals surface area contributed by atoms with Crippen LogP contribution in [0.5, 0.6) is 0 Å². The molecule has 17 heavy (non-hydrogen) atoms. The van der Waals surface area contributed by atoms with Crippen molar-refractivity contribution in [2.75, 3.05) is 5.32 Å². The second-order valence-electron chi connectivity index (χ2n) is 3.62. The Labute approximate surface area is 98.1 Å². The summed E-state index contributed by atoms with van der Waals surface area (Å²) in [4.78, 5) is 14.6. The van der Waals surface area contributed by atoms with Crippen LogP contribution in [0.1, 0.15) is 21.7 Å². The Kier molecular flexibility index (Phi) is 3.09. The predicted molar refractivity (Wildman–Crippen MR) is 62.0 cm³/mol. The minimum absolute atomic E-state index is 0.0737. The molecular formula is C12H12N2O3. The van der Waals surface area contributed by atoms with Crippen molar-refractivity contribution in [1.82, 2.24) is 4.98 Å². The third-order valence-electron chi connectivity index (χ3n) is 2.42. The molecule has 0 aliphatic heterocycles. The van der Waals surface area contributed by atoms with Crippen molar-refractivity contribution in [3.8, 4) is 0 Å². The SMILES string of the molecule is Cc1ccncc1CNc1ccc(C(=O)O)o1. The molecule has 0 fully saturated rings. The van der Waals surface area contributed by atoms with Crippen LogP contribution >= 0.6 is 0 Å². The van der Waals surface area contributed by atoms with Crippen LogP contribution in [0.15, 0.2) is 35.0 Å². The van der Waals surface area contributed by atoms with Crippen LogP contribution in [0.2, 0.25) is 0 Å². The molecule has 5 heteroatoms. The lowest BCUT2D eigenvalue weighted by molar-refractivity contribution is 0.0663. The molecular weight excluding hydrogens is 220 g/mol. The molecule has 0 bridgehead atoms. The van der Waals surface area contributed by atoms with Gasteiger partial charge in [0.15, 0.2) is 5.88 Å². The predicted octanol–water partition coefficient (Wildman–Crippen LogP) is 2.29. The van der Waals surface area contributed by atoms with E-state index in [9.17, 15) is 4.79 Å². The van der Waals surface area contributed by atoms with Gasteiger partial charge in [0.05, 0.1) is 0 Å². The number of furan rings is 1. The van der Waals surface area contributed by atoms with Crippen LogP contribution in [0, 0.1) is 6.92 Å². The molecule has 2 aromatic heterocycles. The molecule has 0 atom stereocenters. The first kappa shape index (κ1) is 11.2. The van der Waals surface area contributed by atoms with Gasteiger partial charge in [0.25, 0.3) is 0 Å². The fourth-order valence-corrected chi connectivity index (χ4v) is 1.41. The number of carboxylic acid groups (broad SMARTS) is 1. The number of aromatic nitrogens is 1. The number of carbonyl (C=O) groups is 1. The molecule has 2 heterocycles.